The van der Waals surface area contributed by atoms with Crippen LogP contribution >= 0.6 is 0 Å². The molecule has 7 nitrogen and oxygen atoms in total. The van der Waals surface area contributed by atoms with E-state index in [1.165, 1.54) is 27.2 Å². The minimum absolute atomic E-state index is 0.186. The van der Waals surface area contributed by atoms with Gasteiger partial charge in [0, 0.05) is 23.8 Å². The molecule has 1 saturated heterocycles. The second kappa shape index (κ2) is 6.24. The van der Waals surface area contributed by atoms with Gasteiger partial charge in [0.1, 0.15) is 5.92 Å². The summed E-state index contributed by atoms with van der Waals surface area (Å²) in [4.78, 5) is 25.0. The molecule has 1 fully saturated rings. The van der Waals surface area contributed by atoms with Crippen molar-refractivity contribution in [1.29, 1.82) is 0 Å². The van der Waals surface area contributed by atoms with Gasteiger partial charge in [-0.15, -0.1) is 0 Å². The summed E-state index contributed by atoms with van der Waals surface area (Å²) in [5.41, 5.74) is 1.05. The average molecular weight is 384 g/mol. The summed E-state index contributed by atoms with van der Waals surface area (Å²) >= 11 is 0. The molecule has 1 aromatic heterocycles. The molecule has 27 heavy (non-hydrogen) atoms. The van der Waals surface area contributed by atoms with E-state index in [-0.39, 0.29) is 11.3 Å². The summed E-state index contributed by atoms with van der Waals surface area (Å²) in [6.45, 7) is 0.324. The van der Waals surface area contributed by atoms with Crippen molar-refractivity contribution >= 4 is 38.5 Å². The number of aromatic nitrogens is 1. The Morgan fingerprint density at radius 2 is 1.81 bits per heavy atom. The molecule has 2 heterocycles. The van der Waals surface area contributed by atoms with E-state index in [1.807, 2.05) is 0 Å². The van der Waals surface area contributed by atoms with Crippen LogP contribution in [0.15, 0.2) is 65.7 Å². The minimum atomic E-state index is -3.73. The molecule has 1 amide bonds. The Morgan fingerprint density at radius 1 is 1.07 bits per heavy atom. The van der Waals surface area contributed by atoms with Crippen LogP contribution in [0.25, 0.3) is 10.9 Å². The van der Waals surface area contributed by atoms with Crippen LogP contribution in [0.1, 0.15) is 6.42 Å². The summed E-state index contributed by atoms with van der Waals surface area (Å²) in [5, 5.41) is 9.76. The van der Waals surface area contributed by atoms with Crippen LogP contribution in [0.2, 0.25) is 0 Å². The first-order valence-corrected chi connectivity index (χ1v) is 9.79. The molecule has 0 radical (unpaired) electrons. The predicted molar refractivity (Wildman–Crippen MR) is 99.1 cm³/mol. The quantitative estimate of drug-likeness (QED) is 0.697. The van der Waals surface area contributed by atoms with E-state index in [4.69, 9.17) is 5.11 Å². The summed E-state index contributed by atoms with van der Waals surface area (Å²) in [5.74, 6) is -2.59. The molecule has 138 valence electrons. The lowest BCUT2D eigenvalue weighted by Gasteiger charge is -2.16. The number of rotatable bonds is 4. The van der Waals surface area contributed by atoms with Gasteiger partial charge in [0.05, 0.1) is 10.4 Å². The maximum Gasteiger partial charge on any atom is 0.316 e. The van der Waals surface area contributed by atoms with Gasteiger partial charge in [-0.1, -0.05) is 18.2 Å². The molecule has 0 spiro atoms. The highest BCUT2D eigenvalue weighted by molar-refractivity contribution is 7.90. The van der Waals surface area contributed by atoms with E-state index in [1.54, 1.807) is 42.5 Å². The molecule has 3 aromatic rings. The largest absolute Gasteiger partial charge is 0.481 e. The monoisotopic (exact) mass is 384 g/mol. The Bertz CT molecular complexity index is 1150. The summed E-state index contributed by atoms with van der Waals surface area (Å²) in [6.07, 6.45) is 1.73. The Labute approximate surface area is 155 Å². The summed E-state index contributed by atoms with van der Waals surface area (Å²) < 4.78 is 26.9. The first-order valence-electron chi connectivity index (χ1n) is 8.35. The van der Waals surface area contributed by atoms with Crippen molar-refractivity contribution < 1.29 is 23.1 Å². The third kappa shape index (κ3) is 2.78. The van der Waals surface area contributed by atoms with E-state index in [0.717, 1.165) is 0 Å². The van der Waals surface area contributed by atoms with Gasteiger partial charge in [0.25, 0.3) is 10.0 Å². The lowest BCUT2D eigenvalue weighted by molar-refractivity contribution is -0.144. The zero-order valence-electron chi connectivity index (χ0n) is 14.1. The lowest BCUT2D eigenvalue weighted by atomic mass is 10.1. The number of hydrogen-bond acceptors (Lipinski definition) is 4. The van der Waals surface area contributed by atoms with E-state index in [2.05, 4.69) is 0 Å². The van der Waals surface area contributed by atoms with Crippen LogP contribution in [0.3, 0.4) is 0 Å². The third-order valence-electron chi connectivity index (χ3n) is 4.75. The van der Waals surface area contributed by atoms with Gasteiger partial charge < -0.3 is 10.0 Å². The fourth-order valence-corrected chi connectivity index (χ4v) is 4.73. The average Bonchev–Trinajstić information content (AvgIpc) is 3.25. The van der Waals surface area contributed by atoms with Crippen LogP contribution in [-0.4, -0.2) is 35.9 Å². The van der Waals surface area contributed by atoms with Crippen LogP contribution in [0.5, 0.6) is 0 Å². The number of anilines is 1. The summed E-state index contributed by atoms with van der Waals surface area (Å²) in [7, 11) is -3.73. The third-order valence-corrected chi connectivity index (χ3v) is 6.46. The molecule has 1 N–H and O–H groups in total. The predicted octanol–water partition coefficient (Wildman–Crippen LogP) is 2.32. The van der Waals surface area contributed by atoms with E-state index in [9.17, 15) is 18.0 Å². The Kier molecular flexibility index (Phi) is 4.00. The SMILES string of the molecule is O=C(O)C1CCN(c2ccc3c(ccn3S(=O)(=O)c3ccccc3)c2)C1=O. The van der Waals surface area contributed by atoms with Crippen LogP contribution < -0.4 is 4.90 Å². The normalized spacial score (nSPS) is 17.6. The molecule has 0 saturated carbocycles. The molecule has 4 rings (SSSR count). The second-order valence-corrected chi connectivity index (χ2v) is 8.16. The van der Waals surface area contributed by atoms with Gasteiger partial charge in [-0.25, -0.2) is 12.4 Å². The molecular weight excluding hydrogens is 368 g/mol. The van der Waals surface area contributed by atoms with E-state index in [0.29, 0.717) is 23.1 Å². The van der Waals surface area contributed by atoms with Crippen LogP contribution in [0, 0.1) is 5.92 Å². The zero-order valence-corrected chi connectivity index (χ0v) is 15.0. The standard InChI is InChI=1S/C19H16N2O5S/c22-18-16(19(23)24)9-10-20(18)14-6-7-17-13(12-14)8-11-21(17)27(25,26)15-4-2-1-3-5-15/h1-8,11-12,16H,9-10H2,(H,23,24). The van der Waals surface area contributed by atoms with Crippen molar-refractivity contribution in [1.82, 2.24) is 3.97 Å². The number of aliphatic carboxylic acids is 1. The minimum Gasteiger partial charge on any atom is -0.481 e. The van der Waals surface area contributed by atoms with Crippen molar-refractivity contribution in [3.05, 3.63) is 60.8 Å². The van der Waals surface area contributed by atoms with Gasteiger partial charge >= 0.3 is 5.97 Å². The topological polar surface area (TPSA) is 96.7 Å². The van der Waals surface area contributed by atoms with Gasteiger partial charge in [-0.3, -0.25) is 9.59 Å². The van der Waals surface area contributed by atoms with Gasteiger partial charge in [0.2, 0.25) is 5.91 Å². The number of fused-ring (bicyclic) bond motifs is 1. The first kappa shape index (κ1) is 17.3. The number of amides is 1. The molecule has 0 bridgehead atoms. The number of benzene rings is 2. The molecule has 1 aliphatic rings. The number of hydrogen-bond donors (Lipinski definition) is 1. The number of nitrogens with zero attached hydrogens (tertiary/aromatic N) is 2. The fraction of sp³-hybridized carbons (Fsp3) is 0.158. The Hall–Kier alpha value is -3.13. The number of carboxylic acids is 1. The van der Waals surface area contributed by atoms with Gasteiger partial charge in [-0.05, 0) is 42.8 Å². The maximum atomic E-state index is 12.9. The number of carbonyl (C=O) groups is 2. The summed E-state index contributed by atoms with van der Waals surface area (Å²) in [6, 6.07) is 14.8. The van der Waals surface area contributed by atoms with Crippen molar-refractivity contribution in [3.63, 3.8) is 0 Å². The van der Waals surface area contributed by atoms with Gasteiger partial charge in [-0.2, -0.15) is 0 Å². The van der Waals surface area contributed by atoms with Crippen molar-refractivity contribution in [3.8, 4) is 0 Å². The van der Waals surface area contributed by atoms with Gasteiger partial charge in [0.15, 0.2) is 0 Å². The molecule has 8 heteroatoms. The Morgan fingerprint density at radius 3 is 2.48 bits per heavy atom. The Balaban J connectivity index is 1.73. The first-order chi connectivity index (χ1) is 12.9. The molecule has 2 aromatic carbocycles. The van der Waals surface area contributed by atoms with Crippen LogP contribution in [-0.2, 0) is 19.6 Å². The van der Waals surface area contributed by atoms with Crippen molar-refractivity contribution in [2.45, 2.75) is 11.3 Å². The van der Waals surface area contributed by atoms with E-state index < -0.39 is 27.8 Å². The second-order valence-electron chi connectivity index (χ2n) is 6.34. The molecule has 1 aliphatic heterocycles. The highest BCUT2D eigenvalue weighted by atomic mass is 32.2. The molecule has 1 unspecified atom stereocenters. The maximum absolute atomic E-state index is 12.9. The van der Waals surface area contributed by atoms with Crippen LogP contribution in [0.4, 0.5) is 5.69 Å². The molecular formula is C19H16N2O5S. The van der Waals surface area contributed by atoms with Crippen molar-refractivity contribution in [2.24, 2.45) is 5.92 Å². The van der Waals surface area contributed by atoms with Crippen molar-refractivity contribution in [2.75, 3.05) is 11.4 Å². The van der Waals surface area contributed by atoms with E-state index >= 15 is 0 Å². The highest BCUT2D eigenvalue weighted by Crippen LogP contribution is 2.30. The smallest absolute Gasteiger partial charge is 0.316 e. The molecule has 1 atom stereocenters. The fourth-order valence-electron chi connectivity index (χ4n) is 3.35. The number of carbonyl (C=O) groups excluding carboxylic acids is 1. The number of carboxylic acid groups (broad SMARTS) is 1. The lowest BCUT2D eigenvalue weighted by Crippen LogP contribution is -2.30. The zero-order chi connectivity index (χ0) is 19.2. The highest BCUT2D eigenvalue weighted by Gasteiger charge is 2.37. The molecule has 0 aliphatic carbocycles.